The first-order valence-electron chi connectivity index (χ1n) is 15.8. The van der Waals surface area contributed by atoms with Gasteiger partial charge in [-0.15, -0.1) is 0 Å². The molecule has 47 heavy (non-hydrogen) atoms. The van der Waals surface area contributed by atoms with Gasteiger partial charge in [-0.2, -0.15) is 0 Å². The number of rotatable bonds is 10. The molecule has 9 nitrogen and oxygen atoms in total. The number of ether oxygens (including phenoxy) is 3. The van der Waals surface area contributed by atoms with E-state index in [1.54, 1.807) is 29.9 Å². The van der Waals surface area contributed by atoms with Gasteiger partial charge < -0.3 is 19.1 Å². The van der Waals surface area contributed by atoms with Crippen molar-refractivity contribution >= 4 is 40.9 Å². The van der Waals surface area contributed by atoms with Crippen LogP contribution in [-0.2, 0) is 0 Å². The Hall–Kier alpha value is -5.70. The van der Waals surface area contributed by atoms with Crippen LogP contribution in [0.1, 0.15) is 41.0 Å². The molecule has 1 fully saturated rings. The number of benzene rings is 4. The Labute approximate surface area is 272 Å². The predicted octanol–water partition coefficient (Wildman–Crippen LogP) is 6.73. The molecule has 1 aromatic heterocycles. The van der Waals surface area contributed by atoms with Gasteiger partial charge in [-0.1, -0.05) is 48.5 Å². The van der Waals surface area contributed by atoms with Gasteiger partial charge in [0.1, 0.15) is 11.6 Å². The molecule has 5 aromatic rings. The summed E-state index contributed by atoms with van der Waals surface area (Å²) in [6.07, 6.45) is 8.20. The maximum absolute atomic E-state index is 13.6. The molecule has 0 bridgehead atoms. The van der Waals surface area contributed by atoms with Gasteiger partial charge in [-0.3, -0.25) is 19.1 Å². The van der Waals surface area contributed by atoms with Gasteiger partial charge in [-0.05, 0) is 66.9 Å². The van der Waals surface area contributed by atoms with Crippen molar-refractivity contribution in [3.05, 3.63) is 118 Å². The normalized spacial score (nSPS) is 15.5. The largest absolute Gasteiger partial charge is 0.493 e. The Bertz CT molecular complexity index is 2040. The molecule has 2 aliphatic rings. The fourth-order valence-electron chi connectivity index (χ4n) is 5.99. The summed E-state index contributed by atoms with van der Waals surface area (Å²) in [5.74, 6) is 2.22. The van der Waals surface area contributed by atoms with Crippen LogP contribution in [0.5, 0.6) is 17.2 Å². The van der Waals surface area contributed by atoms with Crippen molar-refractivity contribution < 1.29 is 19.0 Å². The van der Waals surface area contributed by atoms with Crippen LogP contribution in [0, 0.1) is 0 Å². The van der Waals surface area contributed by atoms with E-state index in [1.165, 1.54) is 0 Å². The van der Waals surface area contributed by atoms with Crippen molar-refractivity contribution in [3.8, 4) is 22.9 Å². The highest BCUT2D eigenvalue weighted by Gasteiger charge is 2.32. The summed E-state index contributed by atoms with van der Waals surface area (Å²) in [7, 11) is 1.56. The molecule has 1 saturated heterocycles. The molecule has 9 heteroatoms. The molecule has 236 valence electrons. The Balaban J connectivity index is 1.02. The van der Waals surface area contributed by atoms with Gasteiger partial charge in [0.2, 0.25) is 0 Å². The van der Waals surface area contributed by atoms with E-state index in [2.05, 4.69) is 4.99 Å². The van der Waals surface area contributed by atoms with Gasteiger partial charge in [-0.25, -0.2) is 4.98 Å². The summed E-state index contributed by atoms with van der Waals surface area (Å²) in [5.41, 5.74) is 3.33. The summed E-state index contributed by atoms with van der Waals surface area (Å²) < 4.78 is 19.2. The van der Waals surface area contributed by atoms with Crippen molar-refractivity contribution in [2.45, 2.75) is 25.3 Å². The van der Waals surface area contributed by atoms with Crippen molar-refractivity contribution in [3.63, 3.8) is 0 Å². The molecule has 0 unspecified atom stereocenters. The maximum Gasteiger partial charge on any atom is 0.266 e. The SMILES string of the molecule is COc1cc2c(cc1OCCCOc1ccc(-n3c(C=Cc4ccccc4)nc4ccccc4c3=O)cc1)N=C[C@@H]1CCCN1C2=O. The first-order valence-corrected chi connectivity index (χ1v) is 15.8. The van der Waals surface area contributed by atoms with Crippen molar-refractivity contribution in [1.82, 2.24) is 14.5 Å². The van der Waals surface area contributed by atoms with E-state index in [1.807, 2.05) is 96.1 Å². The van der Waals surface area contributed by atoms with Crippen molar-refractivity contribution in [2.24, 2.45) is 4.99 Å². The van der Waals surface area contributed by atoms with Gasteiger partial charge in [0, 0.05) is 25.2 Å². The molecular formula is C38H34N4O5. The van der Waals surface area contributed by atoms with Crippen LogP contribution in [-0.4, -0.2) is 59.5 Å². The van der Waals surface area contributed by atoms with Crippen LogP contribution < -0.4 is 19.8 Å². The molecule has 3 heterocycles. The number of aromatic nitrogens is 2. The highest BCUT2D eigenvalue weighted by Crippen LogP contribution is 2.38. The van der Waals surface area contributed by atoms with Crippen LogP contribution in [0.2, 0.25) is 0 Å². The topological polar surface area (TPSA) is 95.2 Å². The number of amides is 1. The summed E-state index contributed by atoms with van der Waals surface area (Å²) >= 11 is 0. The molecule has 0 N–H and O–H groups in total. The summed E-state index contributed by atoms with van der Waals surface area (Å²) in [6, 6.07) is 28.2. The van der Waals surface area contributed by atoms with Gasteiger partial charge in [0.15, 0.2) is 11.5 Å². The molecule has 1 amide bonds. The average Bonchev–Trinajstić information content (AvgIpc) is 3.54. The monoisotopic (exact) mass is 626 g/mol. The smallest absolute Gasteiger partial charge is 0.266 e. The van der Waals surface area contributed by atoms with E-state index < -0.39 is 0 Å². The maximum atomic E-state index is 13.6. The molecule has 0 aliphatic carbocycles. The van der Waals surface area contributed by atoms with E-state index in [4.69, 9.17) is 19.2 Å². The molecular weight excluding hydrogens is 592 g/mol. The second kappa shape index (κ2) is 13.3. The third-order valence-electron chi connectivity index (χ3n) is 8.39. The number of hydrogen-bond donors (Lipinski definition) is 0. The molecule has 0 radical (unpaired) electrons. The van der Waals surface area contributed by atoms with E-state index in [-0.39, 0.29) is 17.5 Å². The zero-order chi connectivity index (χ0) is 32.2. The Morgan fingerprint density at radius 2 is 1.66 bits per heavy atom. The summed E-state index contributed by atoms with van der Waals surface area (Å²) in [6.45, 7) is 1.54. The van der Waals surface area contributed by atoms with Crippen LogP contribution in [0.4, 0.5) is 5.69 Å². The fourth-order valence-corrected chi connectivity index (χ4v) is 5.99. The van der Waals surface area contributed by atoms with Crippen LogP contribution in [0.15, 0.2) is 101 Å². The predicted molar refractivity (Wildman–Crippen MR) is 184 cm³/mol. The number of carbonyl (C=O) groups is 1. The number of fused-ring (bicyclic) bond motifs is 3. The Morgan fingerprint density at radius 1 is 0.872 bits per heavy atom. The van der Waals surface area contributed by atoms with E-state index in [9.17, 15) is 9.59 Å². The quantitative estimate of drug-likeness (QED) is 0.160. The first-order chi connectivity index (χ1) is 23.1. The Morgan fingerprint density at radius 3 is 2.49 bits per heavy atom. The van der Waals surface area contributed by atoms with Crippen molar-refractivity contribution in [1.29, 1.82) is 0 Å². The van der Waals surface area contributed by atoms with Crippen LogP contribution in [0.25, 0.3) is 28.7 Å². The highest BCUT2D eigenvalue weighted by molar-refractivity contribution is 6.03. The number of aliphatic imine (C=N–C) groups is 1. The minimum Gasteiger partial charge on any atom is -0.493 e. The molecule has 2 aliphatic heterocycles. The average molecular weight is 627 g/mol. The molecule has 0 spiro atoms. The molecule has 7 rings (SSSR count). The standard InChI is InChI=1S/C38H34N4O5/c1-45-34-23-31-33(39-25-28-11-7-20-41(28)37(31)43)24-35(34)47-22-8-21-46-29-17-15-27(16-18-29)42-36(19-14-26-9-3-2-4-10-26)40-32-13-6-5-12-30(32)38(42)44/h2-6,9-10,12-19,23-25,28H,7-8,11,20-22H2,1H3/t28-/m0/s1. The van der Waals surface area contributed by atoms with Gasteiger partial charge in [0.05, 0.1) is 54.2 Å². The van der Waals surface area contributed by atoms with Gasteiger partial charge >= 0.3 is 0 Å². The van der Waals surface area contributed by atoms with Crippen LogP contribution >= 0.6 is 0 Å². The number of methoxy groups -OCH3 is 1. The highest BCUT2D eigenvalue weighted by atomic mass is 16.5. The summed E-state index contributed by atoms with van der Waals surface area (Å²) in [4.78, 5) is 38.0. The zero-order valence-corrected chi connectivity index (χ0v) is 26.0. The van der Waals surface area contributed by atoms with Crippen molar-refractivity contribution in [2.75, 3.05) is 26.9 Å². The number of hydrogen-bond acceptors (Lipinski definition) is 7. The minimum absolute atomic E-state index is 0.0223. The lowest BCUT2D eigenvalue weighted by Gasteiger charge is -2.20. The molecule has 4 aromatic carbocycles. The van der Waals surface area contributed by atoms with E-state index in [0.29, 0.717) is 70.5 Å². The van der Waals surface area contributed by atoms with Crippen LogP contribution in [0.3, 0.4) is 0 Å². The lowest BCUT2D eigenvalue weighted by Crippen LogP contribution is -2.35. The second-order valence-electron chi connectivity index (χ2n) is 11.4. The third kappa shape index (κ3) is 6.24. The number of para-hydroxylation sites is 1. The lowest BCUT2D eigenvalue weighted by atomic mass is 10.1. The minimum atomic E-state index is -0.141. The Kier molecular flexibility index (Phi) is 8.51. The fraction of sp³-hybridized carbons (Fsp3) is 0.211. The number of nitrogens with zero attached hydrogens (tertiary/aromatic N) is 4. The summed E-state index contributed by atoms with van der Waals surface area (Å²) in [5, 5.41) is 0.550. The zero-order valence-electron chi connectivity index (χ0n) is 26.0. The van der Waals surface area contributed by atoms with E-state index >= 15 is 0 Å². The number of carbonyl (C=O) groups excluding carboxylic acids is 1. The molecule has 0 saturated carbocycles. The van der Waals surface area contributed by atoms with E-state index in [0.717, 1.165) is 24.9 Å². The second-order valence-corrected chi connectivity index (χ2v) is 11.4. The lowest BCUT2D eigenvalue weighted by molar-refractivity contribution is 0.0774. The molecule has 1 atom stereocenters. The van der Waals surface area contributed by atoms with Gasteiger partial charge in [0.25, 0.3) is 11.5 Å². The first kappa shape index (κ1) is 30.0. The third-order valence-corrected chi connectivity index (χ3v) is 8.39.